The summed E-state index contributed by atoms with van der Waals surface area (Å²) in [5, 5.41) is 13.8. The number of carbonyl (C=O) groups is 1. The van der Waals surface area contributed by atoms with E-state index in [1.54, 1.807) is 0 Å². The minimum Gasteiger partial charge on any atom is -0.348 e. The van der Waals surface area contributed by atoms with Crippen LogP contribution in [0.1, 0.15) is 37.9 Å². The van der Waals surface area contributed by atoms with Crippen molar-refractivity contribution in [3.8, 4) is 0 Å². The molecule has 1 N–H and O–H groups in total. The van der Waals surface area contributed by atoms with Crippen LogP contribution in [0.3, 0.4) is 0 Å². The standard InChI is InChI=1S/C20H25N3O5S/c1-5-16-9-11-17(12-10-16)14(2)21-20(24)15(3)22(29(4,27)28)18-7-6-8-19(13-18)23(25)26/h6-15H,5H2,1-4H3,(H,21,24). The van der Waals surface area contributed by atoms with E-state index in [4.69, 9.17) is 0 Å². The number of sulfonamides is 1. The highest BCUT2D eigenvalue weighted by Gasteiger charge is 2.30. The van der Waals surface area contributed by atoms with Crippen molar-refractivity contribution in [1.82, 2.24) is 5.32 Å². The normalized spacial score (nSPS) is 13.4. The van der Waals surface area contributed by atoms with Crippen LogP contribution in [0.4, 0.5) is 11.4 Å². The topological polar surface area (TPSA) is 110 Å². The molecule has 0 bridgehead atoms. The van der Waals surface area contributed by atoms with Crippen molar-refractivity contribution in [3.63, 3.8) is 0 Å². The summed E-state index contributed by atoms with van der Waals surface area (Å²) >= 11 is 0. The molecule has 0 aliphatic rings. The van der Waals surface area contributed by atoms with Crippen molar-refractivity contribution in [2.24, 2.45) is 0 Å². The summed E-state index contributed by atoms with van der Waals surface area (Å²) in [6, 6.07) is 11.6. The van der Waals surface area contributed by atoms with Crippen LogP contribution < -0.4 is 9.62 Å². The number of anilines is 1. The molecule has 0 spiro atoms. The van der Waals surface area contributed by atoms with Crippen molar-refractivity contribution in [3.05, 3.63) is 69.8 Å². The number of rotatable bonds is 8. The smallest absolute Gasteiger partial charge is 0.271 e. The fraction of sp³-hybridized carbons (Fsp3) is 0.350. The number of hydrogen-bond acceptors (Lipinski definition) is 5. The van der Waals surface area contributed by atoms with E-state index in [0.717, 1.165) is 28.6 Å². The first-order chi connectivity index (χ1) is 13.5. The largest absolute Gasteiger partial charge is 0.348 e. The van der Waals surface area contributed by atoms with Crippen molar-refractivity contribution in [2.45, 2.75) is 39.3 Å². The van der Waals surface area contributed by atoms with Gasteiger partial charge in [0.1, 0.15) is 6.04 Å². The van der Waals surface area contributed by atoms with Gasteiger partial charge in [0.15, 0.2) is 0 Å². The lowest BCUT2D eigenvalue weighted by Gasteiger charge is -2.29. The van der Waals surface area contributed by atoms with Gasteiger partial charge < -0.3 is 5.32 Å². The maximum Gasteiger partial charge on any atom is 0.271 e. The monoisotopic (exact) mass is 419 g/mol. The predicted octanol–water partition coefficient (Wildman–Crippen LogP) is 3.19. The number of non-ortho nitro benzene ring substituents is 1. The molecule has 2 aromatic carbocycles. The number of hydrogen-bond donors (Lipinski definition) is 1. The van der Waals surface area contributed by atoms with E-state index in [1.807, 2.05) is 31.2 Å². The molecule has 2 unspecified atom stereocenters. The molecule has 2 aromatic rings. The van der Waals surface area contributed by atoms with Gasteiger partial charge >= 0.3 is 0 Å². The Hall–Kier alpha value is -2.94. The van der Waals surface area contributed by atoms with Gasteiger partial charge in [-0.3, -0.25) is 19.2 Å². The SMILES string of the molecule is CCc1ccc(C(C)NC(=O)C(C)N(c2cccc([N+](=O)[O-])c2)S(C)(=O)=O)cc1. The van der Waals surface area contributed by atoms with Crippen LogP contribution >= 0.6 is 0 Å². The van der Waals surface area contributed by atoms with Gasteiger partial charge in [-0.1, -0.05) is 37.3 Å². The van der Waals surface area contributed by atoms with Crippen LogP contribution in [0.2, 0.25) is 0 Å². The molecule has 0 radical (unpaired) electrons. The second-order valence-electron chi connectivity index (χ2n) is 6.84. The average molecular weight is 420 g/mol. The van der Waals surface area contributed by atoms with Gasteiger partial charge in [0.2, 0.25) is 15.9 Å². The van der Waals surface area contributed by atoms with Crippen LogP contribution in [0.15, 0.2) is 48.5 Å². The van der Waals surface area contributed by atoms with Crippen LogP contribution in [0, 0.1) is 10.1 Å². The van der Waals surface area contributed by atoms with Gasteiger partial charge in [-0.2, -0.15) is 0 Å². The van der Waals surface area contributed by atoms with E-state index >= 15 is 0 Å². The molecular weight excluding hydrogens is 394 g/mol. The molecule has 2 rings (SSSR count). The summed E-state index contributed by atoms with van der Waals surface area (Å²) in [6.07, 6.45) is 1.87. The zero-order valence-electron chi connectivity index (χ0n) is 16.8. The molecule has 2 atom stereocenters. The van der Waals surface area contributed by atoms with Crippen molar-refractivity contribution < 1.29 is 18.1 Å². The highest BCUT2D eigenvalue weighted by molar-refractivity contribution is 7.92. The molecule has 0 saturated carbocycles. The number of nitrogens with zero attached hydrogens (tertiary/aromatic N) is 2. The van der Waals surface area contributed by atoms with Crippen LogP contribution in [-0.4, -0.2) is 31.5 Å². The molecule has 0 heterocycles. The quantitative estimate of drug-likeness (QED) is 0.522. The first kappa shape index (κ1) is 22.4. The van der Waals surface area contributed by atoms with E-state index < -0.39 is 26.9 Å². The Morgan fingerprint density at radius 2 is 1.79 bits per heavy atom. The summed E-state index contributed by atoms with van der Waals surface area (Å²) < 4.78 is 25.6. The highest BCUT2D eigenvalue weighted by Crippen LogP contribution is 2.25. The van der Waals surface area contributed by atoms with Crippen LogP contribution in [0.5, 0.6) is 0 Å². The summed E-state index contributed by atoms with van der Waals surface area (Å²) in [7, 11) is -3.86. The van der Waals surface area contributed by atoms with Crippen molar-refractivity contribution in [2.75, 3.05) is 10.6 Å². The molecule has 156 valence electrons. The van der Waals surface area contributed by atoms with Gasteiger partial charge in [-0.15, -0.1) is 0 Å². The Labute approximate surface area is 170 Å². The summed E-state index contributed by atoms with van der Waals surface area (Å²) in [4.78, 5) is 23.2. The van der Waals surface area contributed by atoms with Crippen molar-refractivity contribution >= 4 is 27.3 Å². The summed E-state index contributed by atoms with van der Waals surface area (Å²) in [6.45, 7) is 5.31. The summed E-state index contributed by atoms with van der Waals surface area (Å²) in [5.41, 5.74) is 1.87. The second-order valence-corrected chi connectivity index (χ2v) is 8.70. The van der Waals surface area contributed by atoms with E-state index in [1.165, 1.54) is 30.7 Å². The lowest BCUT2D eigenvalue weighted by Crippen LogP contribution is -2.48. The molecule has 8 nitrogen and oxygen atoms in total. The lowest BCUT2D eigenvalue weighted by atomic mass is 10.0. The Kier molecular flexibility index (Phi) is 6.97. The Morgan fingerprint density at radius 3 is 2.31 bits per heavy atom. The first-order valence-electron chi connectivity index (χ1n) is 9.17. The first-order valence-corrected chi connectivity index (χ1v) is 11.0. The van der Waals surface area contributed by atoms with Gasteiger partial charge in [-0.05, 0) is 37.5 Å². The maximum atomic E-state index is 12.8. The van der Waals surface area contributed by atoms with E-state index in [2.05, 4.69) is 12.2 Å². The van der Waals surface area contributed by atoms with Gasteiger partial charge in [0.25, 0.3) is 5.69 Å². The summed E-state index contributed by atoms with van der Waals surface area (Å²) in [5.74, 6) is -0.506. The van der Waals surface area contributed by atoms with E-state index in [9.17, 15) is 23.3 Å². The molecule has 29 heavy (non-hydrogen) atoms. The van der Waals surface area contributed by atoms with E-state index in [0.29, 0.717) is 0 Å². The fourth-order valence-corrected chi connectivity index (χ4v) is 4.18. The Balaban J connectivity index is 2.26. The number of nitro groups is 1. The number of amides is 1. The number of nitro benzene ring substituents is 1. The fourth-order valence-electron chi connectivity index (χ4n) is 3.01. The number of nitrogens with one attached hydrogen (secondary N) is 1. The number of benzene rings is 2. The molecule has 0 aliphatic carbocycles. The third-order valence-corrected chi connectivity index (χ3v) is 5.87. The molecular formula is C20H25N3O5S. The van der Waals surface area contributed by atoms with Gasteiger partial charge in [0, 0.05) is 12.1 Å². The third-order valence-electron chi connectivity index (χ3n) is 4.63. The van der Waals surface area contributed by atoms with Crippen molar-refractivity contribution in [1.29, 1.82) is 0 Å². The molecule has 1 amide bonds. The van der Waals surface area contributed by atoms with Crippen LogP contribution in [0.25, 0.3) is 0 Å². The zero-order valence-corrected chi connectivity index (χ0v) is 17.6. The minimum absolute atomic E-state index is 0.0595. The minimum atomic E-state index is -3.86. The third kappa shape index (κ3) is 5.54. The highest BCUT2D eigenvalue weighted by atomic mass is 32.2. The average Bonchev–Trinajstić information content (AvgIpc) is 2.67. The molecule has 9 heteroatoms. The Bertz CT molecular complexity index is 989. The molecule has 0 aromatic heterocycles. The molecule has 0 saturated heterocycles. The zero-order chi connectivity index (χ0) is 21.8. The molecule has 0 aliphatic heterocycles. The lowest BCUT2D eigenvalue weighted by molar-refractivity contribution is -0.384. The predicted molar refractivity (Wildman–Crippen MR) is 112 cm³/mol. The number of aryl methyl sites for hydroxylation is 1. The Morgan fingerprint density at radius 1 is 1.17 bits per heavy atom. The van der Waals surface area contributed by atoms with Gasteiger partial charge in [-0.25, -0.2) is 8.42 Å². The van der Waals surface area contributed by atoms with Crippen LogP contribution in [-0.2, 0) is 21.2 Å². The van der Waals surface area contributed by atoms with Gasteiger partial charge in [0.05, 0.1) is 22.9 Å². The maximum absolute atomic E-state index is 12.8. The van der Waals surface area contributed by atoms with E-state index in [-0.39, 0.29) is 17.4 Å². The molecule has 0 fully saturated rings. The second kappa shape index (κ2) is 9.04. The number of carbonyl (C=O) groups excluding carboxylic acids is 1.